The lowest BCUT2D eigenvalue weighted by Gasteiger charge is -2.14. The van der Waals surface area contributed by atoms with E-state index in [4.69, 9.17) is 16.3 Å². The smallest absolute Gasteiger partial charge is 0.306 e. The van der Waals surface area contributed by atoms with E-state index in [0.717, 1.165) is 47.8 Å². The molecule has 1 heterocycles. The van der Waals surface area contributed by atoms with Crippen molar-refractivity contribution in [3.8, 4) is 0 Å². The fourth-order valence-electron chi connectivity index (χ4n) is 2.30. The van der Waals surface area contributed by atoms with Crippen LogP contribution in [-0.2, 0) is 9.53 Å². The Balaban J connectivity index is 1.69. The molecule has 0 aliphatic heterocycles. The van der Waals surface area contributed by atoms with Crippen molar-refractivity contribution < 1.29 is 9.53 Å². The molecular weight excluding hydrogens is 308 g/mol. The monoisotopic (exact) mass is 326 g/mol. The standard InChI is InChI=1S/C15H19ClN2O2S/c1-9-12(16)17-13(10-3-4-10)18-14(9)21-8-15(5-6-15)7-11(19)20-2/h10H,3-8H2,1-2H3. The van der Waals surface area contributed by atoms with Crippen LogP contribution < -0.4 is 0 Å². The molecular formula is C15H19ClN2O2S. The minimum atomic E-state index is -0.121. The summed E-state index contributed by atoms with van der Waals surface area (Å²) in [5.74, 6) is 2.14. The third-order valence-corrected chi connectivity index (χ3v) is 6.02. The molecule has 0 spiro atoms. The quantitative estimate of drug-likeness (QED) is 0.452. The van der Waals surface area contributed by atoms with E-state index in [9.17, 15) is 4.79 Å². The van der Waals surface area contributed by atoms with Gasteiger partial charge in [0.25, 0.3) is 0 Å². The van der Waals surface area contributed by atoms with Gasteiger partial charge in [-0.3, -0.25) is 4.79 Å². The molecule has 0 N–H and O–H groups in total. The number of nitrogens with zero attached hydrogens (tertiary/aromatic N) is 2. The summed E-state index contributed by atoms with van der Waals surface area (Å²) < 4.78 is 4.78. The maximum absolute atomic E-state index is 11.5. The summed E-state index contributed by atoms with van der Waals surface area (Å²) in [6, 6.07) is 0. The molecule has 21 heavy (non-hydrogen) atoms. The average Bonchev–Trinajstić information content (AvgIpc) is 3.34. The van der Waals surface area contributed by atoms with E-state index < -0.39 is 0 Å². The minimum Gasteiger partial charge on any atom is -0.469 e. The predicted octanol–water partition coefficient (Wildman–Crippen LogP) is 3.75. The summed E-state index contributed by atoms with van der Waals surface area (Å²) >= 11 is 7.92. The molecule has 0 atom stereocenters. The molecule has 4 nitrogen and oxygen atoms in total. The first kappa shape index (κ1) is 15.1. The van der Waals surface area contributed by atoms with E-state index in [0.29, 0.717) is 17.5 Å². The van der Waals surface area contributed by atoms with Crippen LogP contribution in [0.2, 0.25) is 5.15 Å². The second kappa shape index (κ2) is 5.76. The molecule has 0 radical (unpaired) electrons. The van der Waals surface area contributed by atoms with Gasteiger partial charge in [-0.2, -0.15) is 0 Å². The van der Waals surface area contributed by atoms with Gasteiger partial charge in [0.15, 0.2) is 0 Å². The Hall–Kier alpha value is -0.810. The van der Waals surface area contributed by atoms with Crippen LogP contribution in [0.3, 0.4) is 0 Å². The number of thioether (sulfide) groups is 1. The highest BCUT2D eigenvalue weighted by Crippen LogP contribution is 2.52. The summed E-state index contributed by atoms with van der Waals surface area (Å²) in [4.78, 5) is 20.5. The van der Waals surface area contributed by atoms with E-state index in [1.54, 1.807) is 11.8 Å². The first-order chi connectivity index (χ1) is 10.0. The Morgan fingerprint density at radius 2 is 2.14 bits per heavy atom. The lowest BCUT2D eigenvalue weighted by atomic mass is 10.1. The molecule has 2 saturated carbocycles. The molecule has 3 rings (SSSR count). The number of carbonyl (C=O) groups excluding carboxylic acids is 1. The first-order valence-electron chi connectivity index (χ1n) is 7.27. The van der Waals surface area contributed by atoms with Crippen LogP contribution in [-0.4, -0.2) is 28.8 Å². The fraction of sp³-hybridized carbons (Fsp3) is 0.667. The SMILES string of the molecule is COC(=O)CC1(CSc2nc(C3CC3)nc(Cl)c2C)CC1. The van der Waals surface area contributed by atoms with Gasteiger partial charge in [0.1, 0.15) is 16.0 Å². The number of ether oxygens (including phenoxy) is 1. The number of carbonyl (C=O) groups is 1. The van der Waals surface area contributed by atoms with Crippen molar-refractivity contribution in [2.75, 3.05) is 12.9 Å². The van der Waals surface area contributed by atoms with Crippen molar-refractivity contribution in [2.45, 2.75) is 50.0 Å². The lowest BCUT2D eigenvalue weighted by Crippen LogP contribution is -2.13. The topological polar surface area (TPSA) is 52.1 Å². The summed E-state index contributed by atoms with van der Waals surface area (Å²) in [5, 5.41) is 1.53. The van der Waals surface area contributed by atoms with Gasteiger partial charge < -0.3 is 4.74 Å². The molecule has 1 aromatic rings. The molecule has 6 heteroatoms. The van der Waals surface area contributed by atoms with E-state index in [2.05, 4.69) is 9.97 Å². The Bertz CT molecular complexity index is 571. The Morgan fingerprint density at radius 1 is 1.43 bits per heavy atom. The molecule has 0 unspecified atom stereocenters. The van der Waals surface area contributed by atoms with E-state index in [-0.39, 0.29) is 11.4 Å². The van der Waals surface area contributed by atoms with E-state index >= 15 is 0 Å². The van der Waals surface area contributed by atoms with Crippen LogP contribution in [0.25, 0.3) is 0 Å². The highest BCUT2D eigenvalue weighted by Gasteiger charge is 2.44. The lowest BCUT2D eigenvalue weighted by molar-refractivity contribution is -0.141. The van der Waals surface area contributed by atoms with Crippen molar-refractivity contribution in [1.29, 1.82) is 0 Å². The van der Waals surface area contributed by atoms with Crippen LogP contribution in [0.4, 0.5) is 0 Å². The third kappa shape index (κ3) is 3.51. The molecule has 1 aromatic heterocycles. The third-order valence-electron chi connectivity index (χ3n) is 4.22. The Kier molecular flexibility index (Phi) is 4.14. The number of methoxy groups -OCH3 is 1. The molecule has 2 fully saturated rings. The van der Waals surface area contributed by atoms with Crippen LogP contribution >= 0.6 is 23.4 Å². The number of hydrogen-bond donors (Lipinski definition) is 0. The van der Waals surface area contributed by atoms with Gasteiger partial charge in [0.2, 0.25) is 0 Å². The van der Waals surface area contributed by atoms with Crippen molar-refractivity contribution >= 4 is 29.3 Å². The fourth-order valence-corrected chi connectivity index (χ4v) is 3.84. The zero-order valence-corrected chi connectivity index (χ0v) is 13.9. The highest BCUT2D eigenvalue weighted by atomic mass is 35.5. The van der Waals surface area contributed by atoms with Crippen LogP contribution in [0.15, 0.2) is 5.03 Å². The molecule has 114 valence electrons. The Morgan fingerprint density at radius 3 is 2.71 bits per heavy atom. The molecule has 0 saturated heterocycles. The van der Waals surface area contributed by atoms with Crippen molar-refractivity contribution in [3.63, 3.8) is 0 Å². The molecule has 0 amide bonds. The predicted molar refractivity (Wildman–Crippen MR) is 82.8 cm³/mol. The molecule has 2 aliphatic carbocycles. The van der Waals surface area contributed by atoms with Crippen molar-refractivity contribution in [2.24, 2.45) is 5.41 Å². The van der Waals surface area contributed by atoms with Gasteiger partial charge in [-0.1, -0.05) is 11.6 Å². The zero-order chi connectivity index (χ0) is 15.0. The minimum absolute atomic E-state index is 0.0986. The van der Waals surface area contributed by atoms with Gasteiger partial charge in [-0.05, 0) is 38.0 Å². The Labute approximate surface area is 134 Å². The number of hydrogen-bond acceptors (Lipinski definition) is 5. The van der Waals surface area contributed by atoms with Crippen LogP contribution in [0.5, 0.6) is 0 Å². The van der Waals surface area contributed by atoms with Gasteiger partial charge in [-0.25, -0.2) is 9.97 Å². The summed E-state index contributed by atoms with van der Waals surface area (Å²) in [5.41, 5.74) is 1.04. The number of halogens is 1. The van der Waals surface area contributed by atoms with Crippen LogP contribution in [0, 0.1) is 12.3 Å². The highest BCUT2D eigenvalue weighted by molar-refractivity contribution is 7.99. The van der Waals surface area contributed by atoms with E-state index in [1.807, 2.05) is 6.92 Å². The maximum Gasteiger partial charge on any atom is 0.306 e. The summed E-state index contributed by atoms with van der Waals surface area (Å²) in [6.45, 7) is 1.96. The molecule has 2 aliphatic rings. The molecule has 0 bridgehead atoms. The number of esters is 1. The average molecular weight is 327 g/mol. The van der Waals surface area contributed by atoms with Gasteiger partial charge in [0.05, 0.1) is 13.5 Å². The normalized spacial score (nSPS) is 19.4. The van der Waals surface area contributed by atoms with Gasteiger partial charge >= 0.3 is 5.97 Å². The van der Waals surface area contributed by atoms with Gasteiger partial charge in [0, 0.05) is 17.2 Å². The van der Waals surface area contributed by atoms with E-state index in [1.165, 1.54) is 7.11 Å². The van der Waals surface area contributed by atoms with Gasteiger partial charge in [-0.15, -0.1) is 11.8 Å². The summed E-state index contributed by atoms with van der Waals surface area (Å²) in [6.07, 6.45) is 5.00. The second-order valence-corrected chi connectivity index (χ2v) is 7.44. The number of aromatic nitrogens is 2. The zero-order valence-electron chi connectivity index (χ0n) is 12.3. The molecule has 0 aromatic carbocycles. The maximum atomic E-state index is 11.5. The first-order valence-corrected chi connectivity index (χ1v) is 8.63. The number of rotatable bonds is 6. The van der Waals surface area contributed by atoms with Crippen molar-refractivity contribution in [1.82, 2.24) is 9.97 Å². The second-order valence-electron chi connectivity index (χ2n) is 6.12. The largest absolute Gasteiger partial charge is 0.469 e. The van der Waals surface area contributed by atoms with Crippen LogP contribution in [0.1, 0.15) is 49.4 Å². The van der Waals surface area contributed by atoms with Crippen molar-refractivity contribution in [3.05, 3.63) is 16.5 Å². The summed E-state index contributed by atoms with van der Waals surface area (Å²) in [7, 11) is 1.45.